The van der Waals surface area contributed by atoms with Crippen molar-refractivity contribution >= 4 is 22.7 Å². The molecule has 1 amide bonds. The molecule has 6 heteroatoms. The van der Waals surface area contributed by atoms with Gasteiger partial charge in [0.1, 0.15) is 0 Å². The lowest BCUT2D eigenvalue weighted by Crippen LogP contribution is -2.20. The van der Waals surface area contributed by atoms with Crippen LogP contribution in [0.25, 0.3) is 0 Å². The molecule has 0 spiro atoms. The number of carbonyl (C=O) groups is 2. The van der Waals surface area contributed by atoms with Crippen molar-refractivity contribution in [2.75, 3.05) is 0 Å². The molecule has 2 N–H and O–H groups in total. The number of aromatic carboxylic acids is 1. The van der Waals surface area contributed by atoms with E-state index in [0.717, 1.165) is 0 Å². The molecular weight excluding hydrogens is 302 g/mol. The molecule has 0 aliphatic rings. The summed E-state index contributed by atoms with van der Waals surface area (Å²) in [5.41, 5.74) is 0.700. The highest BCUT2D eigenvalue weighted by molar-refractivity contribution is 7.85. The van der Waals surface area contributed by atoms with Crippen LogP contribution >= 0.6 is 0 Å². The molecule has 114 valence electrons. The van der Waals surface area contributed by atoms with E-state index >= 15 is 0 Å². The van der Waals surface area contributed by atoms with Crippen molar-refractivity contribution in [2.24, 2.45) is 0 Å². The molecule has 0 aliphatic carbocycles. The summed E-state index contributed by atoms with van der Waals surface area (Å²) in [7, 11) is -1.64. The summed E-state index contributed by atoms with van der Waals surface area (Å²) in [6.45, 7) is 1.64. The van der Waals surface area contributed by atoms with Crippen molar-refractivity contribution in [3.63, 3.8) is 0 Å². The molecule has 1 atom stereocenters. The van der Waals surface area contributed by atoms with E-state index in [9.17, 15) is 18.9 Å². The average molecular weight is 317 g/mol. The second kappa shape index (κ2) is 7.00. The van der Waals surface area contributed by atoms with Crippen LogP contribution in [0.1, 0.15) is 22.8 Å². The van der Waals surface area contributed by atoms with Gasteiger partial charge in [0.25, 0.3) is 0 Å². The Hall–Kier alpha value is -2.47. The van der Waals surface area contributed by atoms with Gasteiger partial charge in [0.2, 0.25) is 5.91 Å². The van der Waals surface area contributed by atoms with Crippen LogP contribution in [0.5, 0.6) is 0 Å². The van der Waals surface area contributed by atoms with Gasteiger partial charge in [0, 0.05) is 18.4 Å². The Kier molecular flexibility index (Phi) is 5.06. The Morgan fingerprint density at radius 3 is 2.27 bits per heavy atom. The van der Waals surface area contributed by atoms with Crippen molar-refractivity contribution in [3.8, 4) is 0 Å². The highest BCUT2D eigenvalue weighted by Crippen LogP contribution is 2.23. The average Bonchev–Trinajstić information content (AvgIpc) is 2.52. The number of benzene rings is 2. The molecular formula is C16H15NO4S. The normalized spacial score (nSPS) is 11.7. The molecule has 1 unspecified atom stereocenters. The summed E-state index contributed by atoms with van der Waals surface area (Å²) in [5, 5.41) is 11.9. The van der Waals surface area contributed by atoms with Gasteiger partial charge in [-0.05, 0) is 23.8 Å². The van der Waals surface area contributed by atoms with Crippen LogP contribution in [0.15, 0.2) is 58.3 Å². The number of carboxylic acids is 1. The van der Waals surface area contributed by atoms with Crippen LogP contribution in [0.2, 0.25) is 0 Å². The molecule has 0 heterocycles. The molecule has 0 fully saturated rings. The lowest BCUT2D eigenvalue weighted by atomic mass is 10.2. The quantitative estimate of drug-likeness (QED) is 0.885. The first-order valence-corrected chi connectivity index (χ1v) is 7.72. The van der Waals surface area contributed by atoms with E-state index < -0.39 is 16.8 Å². The summed E-state index contributed by atoms with van der Waals surface area (Å²) >= 11 is 0. The van der Waals surface area contributed by atoms with Crippen LogP contribution < -0.4 is 5.32 Å². The van der Waals surface area contributed by atoms with E-state index in [0.29, 0.717) is 10.5 Å². The van der Waals surface area contributed by atoms with E-state index in [1.54, 1.807) is 36.4 Å². The van der Waals surface area contributed by atoms with Crippen molar-refractivity contribution < 1.29 is 18.9 Å². The van der Waals surface area contributed by atoms with Gasteiger partial charge < -0.3 is 10.4 Å². The number of carboxylic acid groups (broad SMARTS) is 1. The molecule has 0 radical (unpaired) electrons. The Labute approximate surface area is 130 Å². The van der Waals surface area contributed by atoms with E-state index in [1.807, 2.05) is 0 Å². The molecule has 0 aliphatic heterocycles. The topological polar surface area (TPSA) is 83.5 Å². The van der Waals surface area contributed by atoms with Gasteiger partial charge in [-0.15, -0.1) is 0 Å². The molecule has 2 aromatic rings. The van der Waals surface area contributed by atoms with Crippen molar-refractivity contribution in [1.29, 1.82) is 0 Å². The first-order chi connectivity index (χ1) is 10.5. The number of nitrogens with one attached hydrogen (secondary N) is 1. The molecule has 2 aromatic carbocycles. The lowest BCUT2D eigenvalue weighted by molar-refractivity contribution is -0.119. The third-order valence-corrected chi connectivity index (χ3v) is 4.57. The summed E-state index contributed by atoms with van der Waals surface area (Å²) in [4.78, 5) is 23.0. The van der Waals surface area contributed by atoms with Gasteiger partial charge in [0.05, 0.1) is 21.3 Å². The van der Waals surface area contributed by atoms with Gasteiger partial charge in [0.15, 0.2) is 0 Å². The molecule has 2 rings (SSSR count). The third-order valence-electron chi connectivity index (χ3n) is 3.02. The van der Waals surface area contributed by atoms with Crippen LogP contribution in [-0.2, 0) is 22.1 Å². The fraction of sp³-hybridized carbons (Fsp3) is 0.125. The summed E-state index contributed by atoms with van der Waals surface area (Å²) in [5.74, 6) is -1.31. The second-order valence-corrected chi connectivity index (χ2v) is 6.00. The van der Waals surface area contributed by atoms with E-state index in [2.05, 4.69) is 5.32 Å². The van der Waals surface area contributed by atoms with Gasteiger partial charge in [-0.2, -0.15) is 0 Å². The minimum absolute atomic E-state index is 0.00941. The Balaban J connectivity index is 2.42. The number of amides is 1. The number of hydrogen-bond donors (Lipinski definition) is 2. The second-order valence-electron chi connectivity index (χ2n) is 4.59. The van der Waals surface area contributed by atoms with Gasteiger partial charge in [-0.3, -0.25) is 4.79 Å². The molecule has 5 nitrogen and oxygen atoms in total. The number of carbonyl (C=O) groups excluding carboxylic acids is 1. The highest BCUT2D eigenvalue weighted by Gasteiger charge is 2.18. The zero-order chi connectivity index (χ0) is 16.1. The van der Waals surface area contributed by atoms with E-state index in [1.165, 1.54) is 19.1 Å². The summed E-state index contributed by atoms with van der Waals surface area (Å²) in [6, 6.07) is 13.1. The van der Waals surface area contributed by atoms with Crippen LogP contribution in [-0.4, -0.2) is 21.2 Å². The molecule has 0 aromatic heterocycles. The molecule has 22 heavy (non-hydrogen) atoms. The lowest BCUT2D eigenvalue weighted by Gasteiger charge is -2.11. The van der Waals surface area contributed by atoms with Crippen molar-refractivity contribution in [1.82, 2.24) is 5.32 Å². The summed E-state index contributed by atoms with van der Waals surface area (Å²) in [6.07, 6.45) is 0. The summed E-state index contributed by atoms with van der Waals surface area (Å²) < 4.78 is 12.8. The predicted octanol–water partition coefficient (Wildman–Crippen LogP) is 2.19. The standard InChI is InChI=1S/C16H15NO4S/c1-11(18)17-10-12-6-2-4-8-14(12)22(21)15-9-5-3-7-13(15)16(19)20/h2-9H,10H2,1H3,(H,17,18)(H,19,20). The zero-order valence-corrected chi connectivity index (χ0v) is 12.7. The van der Waals surface area contributed by atoms with E-state index in [-0.39, 0.29) is 22.9 Å². The number of hydrogen-bond acceptors (Lipinski definition) is 3. The molecule has 0 saturated carbocycles. The Bertz CT molecular complexity index is 742. The largest absolute Gasteiger partial charge is 0.478 e. The minimum Gasteiger partial charge on any atom is -0.478 e. The molecule has 0 bridgehead atoms. The zero-order valence-electron chi connectivity index (χ0n) is 11.9. The number of rotatable bonds is 5. The smallest absolute Gasteiger partial charge is 0.336 e. The van der Waals surface area contributed by atoms with Crippen LogP contribution in [0, 0.1) is 0 Å². The van der Waals surface area contributed by atoms with Gasteiger partial charge in [-0.25, -0.2) is 9.00 Å². The fourth-order valence-electron chi connectivity index (χ4n) is 1.97. The highest BCUT2D eigenvalue weighted by atomic mass is 32.2. The minimum atomic E-state index is -1.64. The predicted molar refractivity (Wildman–Crippen MR) is 82.0 cm³/mol. The van der Waals surface area contributed by atoms with Crippen LogP contribution in [0.4, 0.5) is 0 Å². The Morgan fingerprint density at radius 1 is 1.05 bits per heavy atom. The van der Waals surface area contributed by atoms with Crippen molar-refractivity contribution in [3.05, 3.63) is 59.7 Å². The third kappa shape index (κ3) is 3.59. The first kappa shape index (κ1) is 15.9. The van der Waals surface area contributed by atoms with Crippen LogP contribution in [0.3, 0.4) is 0 Å². The van der Waals surface area contributed by atoms with Gasteiger partial charge in [-0.1, -0.05) is 30.3 Å². The first-order valence-electron chi connectivity index (χ1n) is 6.57. The maximum absolute atomic E-state index is 12.8. The van der Waals surface area contributed by atoms with Crippen molar-refractivity contribution in [2.45, 2.75) is 23.3 Å². The maximum atomic E-state index is 12.8. The fourth-order valence-corrected chi connectivity index (χ4v) is 3.35. The van der Waals surface area contributed by atoms with E-state index in [4.69, 9.17) is 0 Å². The molecule has 0 saturated heterocycles. The maximum Gasteiger partial charge on any atom is 0.336 e. The van der Waals surface area contributed by atoms with Gasteiger partial charge >= 0.3 is 5.97 Å². The SMILES string of the molecule is CC(=O)NCc1ccccc1S(=O)c1ccccc1C(=O)O. The monoisotopic (exact) mass is 317 g/mol. The Morgan fingerprint density at radius 2 is 1.64 bits per heavy atom.